The van der Waals surface area contributed by atoms with Crippen molar-refractivity contribution in [3.05, 3.63) is 94.6 Å². The number of piperidine rings is 1. The number of methoxy groups -OCH3 is 1. The summed E-state index contributed by atoms with van der Waals surface area (Å²) in [7, 11) is 3.48. The van der Waals surface area contributed by atoms with Crippen LogP contribution in [0.25, 0.3) is 0 Å². The summed E-state index contributed by atoms with van der Waals surface area (Å²) in [5.74, 6) is 5.68. The first kappa shape index (κ1) is 40.7. The third-order valence-corrected chi connectivity index (χ3v) is 17.3. The lowest BCUT2D eigenvalue weighted by Gasteiger charge is -2.83. The fraction of sp³-hybridized carbons (Fsp3) is 0.549. The van der Waals surface area contributed by atoms with Crippen LogP contribution in [0.3, 0.4) is 0 Å². The third-order valence-electron chi connectivity index (χ3n) is 17.3. The summed E-state index contributed by atoms with van der Waals surface area (Å²) < 4.78 is 5.58. The van der Waals surface area contributed by atoms with Gasteiger partial charge in [0, 0.05) is 72.0 Å². The van der Waals surface area contributed by atoms with Crippen LogP contribution in [-0.2, 0) is 23.2 Å². The first-order valence-electron chi connectivity index (χ1n) is 22.6. The standard InChI is InChI=1S/C51H60N2O8/c1-52-26-32-18-34-12-15-50-41-13-14-48(34)25-39(32)38-21-43(57)44(58)23-42(38)51(48,50)47-31(27-53-50)11-10-30(17-29-7-4-3-5-8-29)36(37-22-46(61-2)45(59)19-33(37)28-55)20-35(56)24-49(47,60)40(41)9-6-16-54/h3-5,7-8,13-14,19,21-23,30-32,34,36,39-41,47,52-55,57-60H,6,9,12,15-18,20,24-28H2,1-2H3/t30-,31+,32+,34-,36+,39-,40+,41+,47+,48-,49+,50+,51-/m0/s1. The molecule has 322 valence electrons. The molecule has 0 amide bonds. The van der Waals surface area contributed by atoms with E-state index in [1.165, 1.54) is 13.2 Å². The van der Waals surface area contributed by atoms with E-state index in [1.807, 2.05) is 31.3 Å². The van der Waals surface area contributed by atoms with E-state index in [0.717, 1.165) is 48.9 Å². The number of carbonyl (C=O) groups excluding carboxylic acids is 1. The Hall–Kier alpha value is -4.37. The molecule has 1 aliphatic heterocycles. The second-order valence-electron chi connectivity index (χ2n) is 19.7. The van der Waals surface area contributed by atoms with Gasteiger partial charge in [-0.05, 0) is 134 Å². The minimum atomic E-state index is -1.55. The van der Waals surface area contributed by atoms with Gasteiger partial charge in [0.1, 0.15) is 5.78 Å². The topological polar surface area (TPSA) is 172 Å². The molecule has 61 heavy (non-hydrogen) atoms. The maximum atomic E-state index is 15.4. The van der Waals surface area contributed by atoms with Crippen LogP contribution in [0.1, 0.15) is 91.0 Å². The number of hydrogen-bond donors (Lipinski definition) is 8. The number of ketones is 1. The number of fused-ring (bicyclic) bond motifs is 3. The smallest absolute Gasteiger partial charge is 0.160 e. The molecule has 3 saturated carbocycles. The monoisotopic (exact) mass is 828 g/mol. The SMILES string of the molecule is CNC[C@H]1C[C@@H]2CC[C@@]34NC[C@H]5C#C[C@@H](Cc6ccccc6)[C@H](c6cc(OC)c(O)cc6CO)CC(=O)C[C@@]6(O)[C@H](CCCO)[C@H]3C=C[C@]23C[C@@H]1c1cc(O)c(O)cc1[C@]34[C@H]56. The first-order valence-corrected chi connectivity index (χ1v) is 22.6. The lowest BCUT2D eigenvalue weighted by Crippen LogP contribution is -2.89. The summed E-state index contributed by atoms with van der Waals surface area (Å²) in [4.78, 5) is 15.4. The number of benzene rings is 3. The van der Waals surface area contributed by atoms with Crippen LogP contribution in [0.4, 0.5) is 0 Å². The van der Waals surface area contributed by atoms with Crippen LogP contribution in [0.2, 0.25) is 0 Å². The van der Waals surface area contributed by atoms with Gasteiger partial charge in [0.25, 0.3) is 0 Å². The van der Waals surface area contributed by atoms with Crippen LogP contribution in [-0.4, -0.2) is 81.4 Å². The van der Waals surface area contributed by atoms with E-state index in [-0.39, 0.29) is 84.4 Å². The Morgan fingerprint density at radius 1 is 0.984 bits per heavy atom. The number of aliphatic hydroxyl groups is 3. The molecule has 0 radical (unpaired) electrons. The van der Waals surface area contributed by atoms with Crippen molar-refractivity contribution in [3.63, 3.8) is 0 Å². The van der Waals surface area contributed by atoms with Crippen molar-refractivity contribution in [3.8, 4) is 34.8 Å². The van der Waals surface area contributed by atoms with Crippen LogP contribution in [0.5, 0.6) is 23.0 Å². The number of ether oxygens (including phenoxy) is 1. The van der Waals surface area contributed by atoms with E-state index in [9.17, 15) is 30.6 Å². The number of hydrogen-bond acceptors (Lipinski definition) is 10. The highest BCUT2D eigenvalue weighted by Crippen LogP contribution is 2.82. The summed E-state index contributed by atoms with van der Waals surface area (Å²) >= 11 is 0. The molecule has 0 unspecified atom stereocenters. The lowest BCUT2D eigenvalue weighted by atomic mass is 9.23. The number of aliphatic hydroxyl groups excluding tert-OH is 2. The van der Waals surface area contributed by atoms with Crippen molar-refractivity contribution in [2.24, 2.45) is 46.8 Å². The summed E-state index contributed by atoms with van der Waals surface area (Å²) in [6.45, 7) is 0.944. The zero-order valence-corrected chi connectivity index (χ0v) is 35.2. The highest BCUT2D eigenvalue weighted by atomic mass is 16.5. The molecule has 7 aliphatic rings. The zero-order valence-electron chi connectivity index (χ0n) is 35.2. The first-order chi connectivity index (χ1) is 29.5. The largest absolute Gasteiger partial charge is 0.504 e. The Bertz CT molecular complexity index is 2320. The predicted octanol–water partition coefficient (Wildman–Crippen LogP) is 5.57. The van der Waals surface area contributed by atoms with Gasteiger partial charge >= 0.3 is 0 Å². The molecule has 13 atom stereocenters. The molecule has 4 fully saturated rings. The highest BCUT2D eigenvalue weighted by Gasteiger charge is 2.84. The van der Waals surface area contributed by atoms with Crippen LogP contribution in [0, 0.1) is 58.7 Å². The molecule has 1 heterocycles. The van der Waals surface area contributed by atoms with Gasteiger partial charge in [-0.1, -0.05) is 54.3 Å². The van der Waals surface area contributed by atoms with E-state index in [1.54, 1.807) is 12.1 Å². The minimum absolute atomic E-state index is 0.0389. The van der Waals surface area contributed by atoms with E-state index < -0.39 is 39.7 Å². The Kier molecular flexibility index (Phi) is 9.92. The molecule has 6 aliphatic carbocycles. The molecule has 3 aromatic rings. The van der Waals surface area contributed by atoms with Crippen LogP contribution >= 0.6 is 0 Å². The van der Waals surface area contributed by atoms with Gasteiger partial charge in [-0.3, -0.25) is 4.79 Å². The lowest BCUT2D eigenvalue weighted by molar-refractivity contribution is -0.276. The van der Waals surface area contributed by atoms with E-state index in [2.05, 4.69) is 46.8 Å². The number of carbonyl (C=O) groups is 1. The number of Topliss-reactive ketones (excluding diaryl/α,β-unsaturated/α-hetero) is 1. The molecule has 10 heteroatoms. The van der Waals surface area contributed by atoms with Gasteiger partial charge in [-0.15, -0.1) is 0 Å². The van der Waals surface area contributed by atoms with Crippen molar-refractivity contribution in [2.75, 3.05) is 33.9 Å². The van der Waals surface area contributed by atoms with Crippen molar-refractivity contribution in [2.45, 2.75) is 92.8 Å². The van der Waals surface area contributed by atoms with E-state index in [4.69, 9.17) is 4.74 Å². The van der Waals surface area contributed by atoms with Crippen LogP contribution in [0.15, 0.2) is 66.7 Å². The van der Waals surface area contributed by atoms with Crippen LogP contribution < -0.4 is 15.4 Å². The number of allylic oxidation sites excluding steroid dienone is 1. The zero-order chi connectivity index (χ0) is 42.5. The second kappa shape index (κ2) is 14.9. The number of aromatic hydroxyl groups is 3. The van der Waals surface area contributed by atoms with Gasteiger partial charge in [-0.25, -0.2) is 0 Å². The van der Waals surface area contributed by atoms with Crippen molar-refractivity contribution in [1.82, 2.24) is 10.6 Å². The summed E-state index contributed by atoms with van der Waals surface area (Å²) in [5, 5.41) is 76.7. The molecule has 3 aromatic carbocycles. The van der Waals surface area contributed by atoms with E-state index >= 15 is 4.79 Å². The number of rotatable bonds is 10. The van der Waals surface area contributed by atoms with Gasteiger partial charge in [0.05, 0.1) is 19.3 Å². The maximum Gasteiger partial charge on any atom is 0.160 e. The number of nitrogens with one attached hydrogen (secondary N) is 2. The molecule has 2 spiro atoms. The Morgan fingerprint density at radius 3 is 2.54 bits per heavy atom. The molecular weight excluding hydrogens is 769 g/mol. The van der Waals surface area contributed by atoms with Gasteiger partial charge in [0.15, 0.2) is 23.0 Å². The average Bonchev–Trinajstić information content (AvgIpc) is 3.25. The fourth-order valence-corrected chi connectivity index (χ4v) is 15.5. The van der Waals surface area contributed by atoms with Gasteiger partial charge in [0.2, 0.25) is 0 Å². The second-order valence-corrected chi connectivity index (χ2v) is 19.7. The maximum absolute atomic E-state index is 15.4. The highest BCUT2D eigenvalue weighted by molar-refractivity contribution is 5.81. The Balaban J connectivity index is 1.25. The van der Waals surface area contributed by atoms with Crippen molar-refractivity contribution in [1.29, 1.82) is 0 Å². The fourth-order valence-electron chi connectivity index (χ4n) is 15.5. The normalized spacial score (nSPS) is 38.8. The van der Waals surface area contributed by atoms with Gasteiger partial charge < -0.3 is 46.0 Å². The Labute approximate surface area is 358 Å². The molecule has 10 nitrogen and oxygen atoms in total. The molecule has 6 bridgehead atoms. The van der Waals surface area contributed by atoms with Crippen molar-refractivity contribution >= 4 is 5.78 Å². The third kappa shape index (κ3) is 5.56. The molecular formula is C51H60N2O8. The molecule has 0 aromatic heterocycles. The van der Waals surface area contributed by atoms with Crippen molar-refractivity contribution < 1.29 is 40.2 Å². The molecule has 8 N–H and O–H groups in total. The Morgan fingerprint density at radius 2 is 1.79 bits per heavy atom. The average molecular weight is 829 g/mol. The molecule has 10 rings (SSSR count). The minimum Gasteiger partial charge on any atom is -0.504 e. The predicted molar refractivity (Wildman–Crippen MR) is 230 cm³/mol. The number of phenols is 3. The summed E-state index contributed by atoms with van der Waals surface area (Å²) in [6, 6.07) is 17.0. The summed E-state index contributed by atoms with van der Waals surface area (Å²) in [6.07, 6.45) is 10.0. The number of phenolic OH excluding ortho intramolecular Hbond substituents is 3. The molecule has 1 saturated heterocycles. The quantitative estimate of drug-likeness (QED) is 0.0735. The van der Waals surface area contributed by atoms with E-state index in [0.29, 0.717) is 42.9 Å². The summed E-state index contributed by atoms with van der Waals surface area (Å²) in [5.41, 5.74) is 0.950. The van der Waals surface area contributed by atoms with Gasteiger partial charge in [-0.2, -0.15) is 0 Å².